The van der Waals surface area contributed by atoms with Gasteiger partial charge >= 0.3 is 0 Å². The number of non-ortho nitro benzene ring substituents is 1. The molecule has 1 unspecified atom stereocenters. The van der Waals surface area contributed by atoms with Crippen LogP contribution in [0, 0.1) is 10.1 Å². The van der Waals surface area contributed by atoms with Crippen molar-refractivity contribution in [1.29, 1.82) is 0 Å². The van der Waals surface area contributed by atoms with Crippen LogP contribution >= 0.6 is 0 Å². The molecule has 1 fully saturated rings. The fourth-order valence-electron chi connectivity index (χ4n) is 3.14. The van der Waals surface area contributed by atoms with Crippen LogP contribution in [0.25, 0.3) is 0 Å². The summed E-state index contributed by atoms with van der Waals surface area (Å²) >= 11 is 0. The minimum absolute atomic E-state index is 0.151. The maximum atomic E-state index is 13.2. The molecule has 1 atom stereocenters. The van der Waals surface area contributed by atoms with E-state index in [-0.39, 0.29) is 29.6 Å². The van der Waals surface area contributed by atoms with Gasteiger partial charge in [0.15, 0.2) is 11.3 Å². The molecule has 26 heavy (non-hydrogen) atoms. The van der Waals surface area contributed by atoms with E-state index >= 15 is 0 Å². The molecule has 1 heterocycles. The molecule has 1 aliphatic rings. The molecule has 0 radical (unpaired) electrons. The van der Waals surface area contributed by atoms with Crippen molar-refractivity contribution in [3.05, 3.63) is 39.9 Å². The summed E-state index contributed by atoms with van der Waals surface area (Å²) in [7, 11) is 0. The van der Waals surface area contributed by atoms with E-state index in [4.69, 9.17) is 0 Å². The Balaban J connectivity index is 2.47. The van der Waals surface area contributed by atoms with Crippen LogP contribution in [0.1, 0.15) is 51.4 Å². The lowest BCUT2D eigenvalue weighted by Crippen LogP contribution is -2.76. The van der Waals surface area contributed by atoms with E-state index in [0.717, 1.165) is 0 Å². The lowest BCUT2D eigenvalue weighted by atomic mass is 9.75. The highest BCUT2D eigenvalue weighted by molar-refractivity contribution is 6.24. The summed E-state index contributed by atoms with van der Waals surface area (Å²) < 4.78 is 0. The minimum atomic E-state index is -1.63. The highest BCUT2D eigenvalue weighted by Gasteiger charge is 2.62. The number of Topliss-reactive ketones (excluding diaryl/α,β-unsaturated/α-hetero) is 1. The third-order valence-electron chi connectivity index (χ3n) is 4.18. The Morgan fingerprint density at radius 3 is 2.15 bits per heavy atom. The molecule has 8 heteroatoms. The molecule has 1 aliphatic heterocycles. The standard InChI is InChI=1S/C18H23N3O5/c1-11(2)20-14(22)10-18(20,16(24)19-17(3,4)5)15(23)12-6-8-13(9-7-12)21(25)26/h6-9,11H,10H2,1-5H3,(H,19,24). The quantitative estimate of drug-likeness (QED) is 0.284. The molecule has 140 valence electrons. The normalized spacial score (nSPS) is 19.9. The van der Waals surface area contributed by atoms with Crippen LogP contribution in [-0.4, -0.2) is 44.5 Å². The van der Waals surface area contributed by atoms with Gasteiger partial charge in [-0.15, -0.1) is 0 Å². The number of benzene rings is 1. The van der Waals surface area contributed by atoms with E-state index in [1.54, 1.807) is 34.6 Å². The summed E-state index contributed by atoms with van der Waals surface area (Å²) in [6.07, 6.45) is -0.219. The number of ketones is 1. The first-order valence-electron chi connectivity index (χ1n) is 8.34. The van der Waals surface area contributed by atoms with Gasteiger partial charge in [-0.25, -0.2) is 0 Å². The molecule has 0 aliphatic carbocycles. The van der Waals surface area contributed by atoms with Crippen LogP contribution in [0.3, 0.4) is 0 Å². The van der Waals surface area contributed by atoms with E-state index < -0.39 is 27.7 Å². The van der Waals surface area contributed by atoms with Crippen molar-refractivity contribution in [3.63, 3.8) is 0 Å². The number of rotatable bonds is 5. The zero-order valence-electron chi connectivity index (χ0n) is 15.5. The number of hydrogen-bond acceptors (Lipinski definition) is 5. The maximum Gasteiger partial charge on any atom is 0.269 e. The number of carbonyl (C=O) groups is 3. The summed E-state index contributed by atoms with van der Waals surface area (Å²) in [5, 5.41) is 13.6. The van der Waals surface area contributed by atoms with Crippen molar-refractivity contribution in [1.82, 2.24) is 10.2 Å². The van der Waals surface area contributed by atoms with Gasteiger partial charge in [0.1, 0.15) is 0 Å². The smallest absolute Gasteiger partial charge is 0.269 e. The van der Waals surface area contributed by atoms with Gasteiger partial charge in [0.05, 0.1) is 11.3 Å². The SMILES string of the molecule is CC(C)N1C(=O)CC1(C(=O)NC(C)(C)C)C(=O)c1ccc([N+](=O)[O-])cc1. The molecule has 1 N–H and O–H groups in total. The average molecular weight is 361 g/mol. The molecule has 2 amide bonds. The molecule has 0 spiro atoms. The number of likely N-dealkylation sites (tertiary alicyclic amines) is 1. The van der Waals surface area contributed by atoms with E-state index in [1.807, 2.05) is 0 Å². The van der Waals surface area contributed by atoms with Gasteiger partial charge in [0, 0.05) is 29.3 Å². The number of carbonyl (C=O) groups excluding carboxylic acids is 3. The summed E-state index contributed by atoms with van der Waals surface area (Å²) in [4.78, 5) is 49.8. The Kier molecular flexibility index (Phi) is 4.90. The number of nitro benzene ring substituents is 1. The lowest BCUT2D eigenvalue weighted by Gasteiger charge is -2.52. The highest BCUT2D eigenvalue weighted by atomic mass is 16.6. The average Bonchev–Trinajstić information content (AvgIpc) is 2.49. The Morgan fingerprint density at radius 2 is 1.77 bits per heavy atom. The maximum absolute atomic E-state index is 13.2. The molecular formula is C18H23N3O5. The summed E-state index contributed by atoms with van der Waals surface area (Å²) in [6, 6.07) is 4.71. The molecule has 1 aromatic rings. The van der Waals surface area contributed by atoms with Gasteiger partial charge in [0.2, 0.25) is 5.91 Å². The summed E-state index contributed by atoms with van der Waals surface area (Å²) in [5.74, 6) is -1.36. The second-order valence-corrected chi connectivity index (χ2v) is 7.73. The fraction of sp³-hybridized carbons (Fsp3) is 0.500. The van der Waals surface area contributed by atoms with E-state index in [2.05, 4.69) is 5.32 Å². The Morgan fingerprint density at radius 1 is 1.23 bits per heavy atom. The molecule has 1 saturated heterocycles. The Bertz CT molecular complexity index is 764. The second-order valence-electron chi connectivity index (χ2n) is 7.73. The first-order valence-corrected chi connectivity index (χ1v) is 8.34. The van der Waals surface area contributed by atoms with Gasteiger partial charge in [0.25, 0.3) is 11.6 Å². The monoisotopic (exact) mass is 361 g/mol. The highest BCUT2D eigenvalue weighted by Crippen LogP contribution is 2.38. The topological polar surface area (TPSA) is 110 Å². The van der Waals surface area contributed by atoms with Crippen molar-refractivity contribution in [2.75, 3.05) is 0 Å². The van der Waals surface area contributed by atoms with Crippen molar-refractivity contribution in [3.8, 4) is 0 Å². The van der Waals surface area contributed by atoms with Crippen LogP contribution in [0.15, 0.2) is 24.3 Å². The fourth-order valence-corrected chi connectivity index (χ4v) is 3.14. The van der Waals surface area contributed by atoms with E-state index in [9.17, 15) is 24.5 Å². The molecule has 0 saturated carbocycles. The van der Waals surface area contributed by atoms with Gasteiger partial charge in [-0.1, -0.05) is 0 Å². The molecule has 0 aromatic heterocycles. The van der Waals surface area contributed by atoms with Crippen molar-refractivity contribution in [2.45, 2.75) is 58.2 Å². The number of amides is 2. The minimum Gasteiger partial charge on any atom is -0.349 e. The predicted octanol–water partition coefficient (Wildman–Crippen LogP) is 2.07. The molecule has 2 rings (SSSR count). The third-order valence-corrected chi connectivity index (χ3v) is 4.18. The zero-order chi connectivity index (χ0) is 19.9. The van der Waals surface area contributed by atoms with Crippen LogP contribution in [0.5, 0.6) is 0 Å². The lowest BCUT2D eigenvalue weighted by molar-refractivity contribution is -0.384. The first-order chi connectivity index (χ1) is 11.9. The molecular weight excluding hydrogens is 338 g/mol. The number of nitrogens with one attached hydrogen (secondary N) is 1. The van der Waals surface area contributed by atoms with Gasteiger partial charge in [-0.2, -0.15) is 0 Å². The Hall–Kier alpha value is -2.77. The van der Waals surface area contributed by atoms with Crippen LogP contribution in [-0.2, 0) is 9.59 Å². The van der Waals surface area contributed by atoms with Gasteiger partial charge in [-0.3, -0.25) is 24.5 Å². The number of hydrogen-bond donors (Lipinski definition) is 1. The van der Waals surface area contributed by atoms with Gasteiger partial charge < -0.3 is 10.2 Å². The number of nitrogens with zero attached hydrogens (tertiary/aromatic N) is 2. The third kappa shape index (κ3) is 3.31. The van der Waals surface area contributed by atoms with Crippen molar-refractivity contribution < 1.29 is 19.3 Å². The van der Waals surface area contributed by atoms with Crippen LogP contribution < -0.4 is 5.32 Å². The first kappa shape index (κ1) is 19.6. The van der Waals surface area contributed by atoms with Crippen LogP contribution in [0.4, 0.5) is 5.69 Å². The zero-order valence-corrected chi connectivity index (χ0v) is 15.5. The summed E-state index contributed by atoms with van der Waals surface area (Å²) in [6.45, 7) is 8.83. The molecule has 0 bridgehead atoms. The van der Waals surface area contributed by atoms with E-state index in [0.29, 0.717) is 0 Å². The molecule has 8 nitrogen and oxygen atoms in total. The van der Waals surface area contributed by atoms with E-state index in [1.165, 1.54) is 29.2 Å². The van der Waals surface area contributed by atoms with Gasteiger partial charge in [-0.05, 0) is 46.8 Å². The number of nitro groups is 1. The second kappa shape index (κ2) is 6.51. The Labute approximate surface area is 151 Å². The predicted molar refractivity (Wildman–Crippen MR) is 94.7 cm³/mol. The molecule has 1 aromatic carbocycles. The summed E-state index contributed by atoms with van der Waals surface area (Å²) in [5.41, 5.74) is -2.21. The largest absolute Gasteiger partial charge is 0.349 e. The van der Waals surface area contributed by atoms with Crippen LogP contribution in [0.2, 0.25) is 0 Å². The van der Waals surface area contributed by atoms with Crippen molar-refractivity contribution >= 4 is 23.3 Å². The number of β-lactam (4-membered cyclic amide) rings is 1. The van der Waals surface area contributed by atoms with Crippen molar-refractivity contribution in [2.24, 2.45) is 0 Å².